The molecule has 2 atom stereocenters. The highest BCUT2D eigenvalue weighted by Crippen LogP contribution is 2.19. The van der Waals surface area contributed by atoms with Crippen LogP contribution < -0.4 is 0 Å². The van der Waals surface area contributed by atoms with E-state index in [1.165, 1.54) is 0 Å². The number of carbonyl (C=O) groups is 1. The monoisotopic (exact) mass is 130 g/mol. The molecule has 0 aromatic heterocycles. The predicted molar refractivity (Wildman–Crippen MR) is 31.0 cm³/mol. The average Bonchev–Trinajstić information content (AvgIpc) is 2.13. The van der Waals surface area contributed by atoms with Crippen molar-refractivity contribution in [2.24, 2.45) is 0 Å². The third kappa shape index (κ3) is 1.28. The van der Waals surface area contributed by atoms with Crippen molar-refractivity contribution in [1.29, 1.82) is 0 Å². The van der Waals surface area contributed by atoms with Crippen molar-refractivity contribution >= 4 is 6.29 Å². The predicted octanol–water partition coefficient (Wildman–Crippen LogP) is 0.337. The molecule has 2 unspecified atom stereocenters. The largest absolute Gasteiger partial charge is 0.341 e. The van der Waals surface area contributed by atoms with Gasteiger partial charge in [0, 0.05) is 0 Å². The van der Waals surface area contributed by atoms with Gasteiger partial charge in [0.05, 0.1) is 12.7 Å². The summed E-state index contributed by atoms with van der Waals surface area (Å²) in [6.07, 6.45) is 0.719. The summed E-state index contributed by atoms with van der Waals surface area (Å²) >= 11 is 0. The van der Waals surface area contributed by atoms with Gasteiger partial charge in [-0.05, 0) is 13.8 Å². The summed E-state index contributed by atoms with van der Waals surface area (Å²) in [5.74, 6) is -0.973. The zero-order chi connectivity index (χ0) is 6.91. The van der Waals surface area contributed by atoms with Gasteiger partial charge in [-0.1, -0.05) is 0 Å². The number of rotatable bonds is 1. The van der Waals surface area contributed by atoms with Gasteiger partial charge < -0.3 is 9.47 Å². The summed E-state index contributed by atoms with van der Waals surface area (Å²) in [7, 11) is 0. The second-order valence-corrected chi connectivity index (χ2v) is 2.37. The number of hydrogen-bond donors (Lipinski definition) is 0. The Morgan fingerprint density at radius 3 is 2.67 bits per heavy atom. The van der Waals surface area contributed by atoms with Crippen LogP contribution in [0.1, 0.15) is 13.8 Å². The summed E-state index contributed by atoms with van der Waals surface area (Å²) in [6, 6.07) is 0. The van der Waals surface area contributed by atoms with Crippen LogP contribution in [0.4, 0.5) is 0 Å². The van der Waals surface area contributed by atoms with Crippen molar-refractivity contribution in [3.05, 3.63) is 0 Å². The first kappa shape index (κ1) is 6.71. The van der Waals surface area contributed by atoms with E-state index in [0.29, 0.717) is 12.9 Å². The lowest BCUT2D eigenvalue weighted by atomic mass is 10.4. The molecule has 0 aromatic carbocycles. The highest BCUT2D eigenvalue weighted by atomic mass is 16.7. The lowest BCUT2D eigenvalue weighted by Crippen LogP contribution is -2.27. The van der Waals surface area contributed by atoms with Crippen molar-refractivity contribution in [3.8, 4) is 0 Å². The third-order valence-corrected chi connectivity index (χ3v) is 1.25. The molecular formula is C6H10O3. The maximum Gasteiger partial charge on any atom is 0.223 e. The van der Waals surface area contributed by atoms with Gasteiger partial charge in [-0.15, -0.1) is 0 Å². The molecule has 1 heterocycles. The van der Waals surface area contributed by atoms with Crippen LogP contribution in [0.3, 0.4) is 0 Å². The Morgan fingerprint density at radius 1 is 1.78 bits per heavy atom. The average molecular weight is 130 g/mol. The van der Waals surface area contributed by atoms with Crippen molar-refractivity contribution in [3.63, 3.8) is 0 Å². The Hall–Kier alpha value is -0.410. The minimum Gasteiger partial charge on any atom is -0.341 e. The van der Waals surface area contributed by atoms with Gasteiger partial charge in [-0.3, -0.25) is 4.79 Å². The zero-order valence-electron chi connectivity index (χ0n) is 5.59. The lowest BCUT2D eigenvalue weighted by molar-refractivity contribution is -0.164. The van der Waals surface area contributed by atoms with Crippen LogP contribution in [0.25, 0.3) is 0 Å². The molecule has 52 valence electrons. The fourth-order valence-corrected chi connectivity index (χ4v) is 0.812. The fraction of sp³-hybridized carbons (Fsp3) is 0.833. The van der Waals surface area contributed by atoms with Crippen molar-refractivity contribution in [2.75, 3.05) is 6.61 Å². The van der Waals surface area contributed by atoms with Gasteiger partial charge in [0.25, 0.3) is 0 Å². The molecule has 9 heavy (non-hydrogen) atoms. The fourth-order valence-electron chi connectivity index (χ4n) is 0.812. The molecule has 1 saturated heterocycles. The van der Waals surface area contributed by atoms with Gasteiger partial charge in [0.2, 0.25) is 5.79 Å². The van der Waals surface area contributed by atoms with E-state index >= 15 is 0 Å². The first-order valence-corrected chi connectivity index (χ1v) is 2.94. The molecule has 0 N–H and O–H groups in total. The van der Waals surface area contributed by atoms with E-state index in [1.54, 1.807) is 6.92 Å². The third-order valence-electron chi connectivity index (χ3n) is 1.25. The normalized spacial score (nSPS) is 43.1. The van der Waals surface area contributed by atoms with E-state index in [9.17, 15) is 4.79 Å². The van der Waals surface area contributed by atoms with Crippen LogP contribution in [-0.4, -0.2) is 24.8 Å². The molecule has 3 nitrogen and oxygen atoms in total. The van der Waals surface area contributed by atoms with Crippen LogP contribution >= 0.6 is 0 Å². The van der Waals surface area contributed by atoms with E-state index in [2.05, 4.69) is 0 Å². The Labute approximate surface area is 53.9 Å². The number of aldehydes is 1. The SMILES string of the molecule is CC1COC(C)(C=O)O1. The minimum absolute atomic E-state index is 0.0419. The Kier molecular flexibility index (Phi) is 1.55. The molecule has 1 rings (SSSR count). The first-order chi connectivity index (χ1) is 4.16. The molecule has 0 aromatic rings. The van der Waals surface area contributed by atoms with Gasteiger partial charge in [0.15, 0.2) is 6.29 Å². The van der Waals surface area contributed by atoms with Gasteiger partial charge in [0.1, 0.15) is 0 Å². The van der Waals surface area contributed by atoms with Gasteiger partial charge in [-0.2, -0.15) is 0 Å². The van der Waals surface area contributed by atoms with E-state index in [1.807, 2.05) is 6.92 Å². The van der Waals surface area contributed by atoms with Crippen molar-refractivity contribution in [2.45, 2.75) is 25.7 Å². The summed E-state index contributed by atoms with van der Waals surface area (Å²) in [5, 5.41) is 0. The van der Waals surface area contributed by atoms with Crippen LogP contribution in [0.15, 0.2) is 0 Å². The Balaban J connectivity index is 2.54. The molecule has 0 aliphatic carbocycles. The zero-order valence-corrected chi connectivity index (χ0v) is 5.59. The molecule has 1 aliphatic heterocycles. The summed E-state index contributed by atoms with van der Waals surface area (Å²) in [5.41, 5.74) is 0. The van der Waals surface area contributed by atoms with Gasteiger partial charge >= 0.3 is 0 Å². The van der Waals surface area contributed by atoms with E-state index < -0.39 is 5.79 Å². The maximum atomic E-state index is 10.2. The quantitative estimate of drug-likeness (QED) is 0.480. The molecule has 0 bridgehead atoms. The first-order valence-electron chi connectivity index (χ1n) is 2.94. The topological polar surface area (TPSA) is 35.5 Å². The molecular weight excluding hydrogens is 120 g/mol. The Bertz CT molecular complexity index is 123. The van der Waals surface area contributed by atoms with E-state index in [4.69, 9.17) is 9.47 Å². The second kappa shape index (κ2) is 2.08. The molecule has 1 fully saturated rings. The molecule has 0 amide bonds. The van der Waals surface area contributed by atoms with Crippen LogP contribution in [0.5, 0.6) is 0 Å². The minimum atomic E-state index is -0.973. The lowest BCUT2D eigenvalue weighted by Gasteiger charge is -2.13. The maximum absolute atomic E-state index is 10.2. The highest BCUT2D eigenvalue weighted by molar-refractivity contribution is 5.59. The van der Waals surface area contributed by atoms with Crippen LogP contribution in [0, 0.1) is 0 Å². The molecule has 3 heteroatoms. The number of ether oxygens (including phenoxy) is 2. The van der Waals surface area contributed by atoms with Crippen molar-refractivity contribution in [1.82, 2.24) is 0 Å². The standard InChI is InChI=1S/C6H10O3/c1-5-3-8-6(2,4-7)9-5/h4-5H,3H2,1-2H3. The molecule has 0 saturated carbocycles. The summed E-state index contributed by atoms with van der Waals surface area (Å²) in [4.78, 5) is 10.2. The smallest absolute Gasteiger partial charge is 0.223 e. The van der Waals surface area contributed by atoms with Gasteiger partial charge in [-0.25, -0.2) is 0 Å². The second-order valence-electron chi connectivity index (χ2n) is 2.37. The number of carbonyl (C=O) groups excluding carboxylic acids is 1. The van der Waals surface area contributed by atoms with E-state index in [0.717, 1.165) is 0 Å². The van der Waals surface area contributed by atoms with Crippen molar-refractivity contribution < 1.29 is 14.3 Å². The Morgan fingerprint density at radius 2 is 2.44 bits per heavy atom. The molecule has 0 spiro atoms. The molecule has 1 aliphatic rings. The molecule has 0 radical (unpaired) electrons. The summed E-state index contributed by atoms with van der Waals surface area (Å²) in [6.45, 7) is 3.99. The number of hydrogen-bond acceptors (Lipinski definition) is 3. The van der Waals surface area contributed by atoms with Crippen LogP contribution in [0.2, 0.25) is 0 Å². The van der Waals surface area contributed by atoms with E-state index in [-0.39, 0.29) is 6.10 Å². The highest BCUT2D eigenvalue weighted by Gasteiger charge is 2.34. The van der Waals surface area contributed by atoms with Crippen LogP contribution in [-0.2, 0) is 14.3 Å². The summed E-state index contributed by atoms with van der Waals surface area (Å²) < 4.78 is 10.1.